The van der Waals surface area contributed by atoms with Gasteiger partial charge < -0.3 is 15.4 Å². The third-order valence-electron chi connectivity index (χ3n) is 3.32. The Morgan fingerprint density at radius 3 is 2.91 bits per heavy atom. The van der Waals surface area contributed by atoms with E-state index in [0.717, 1.165) is 23.4 Å². The lowest BCUT2D eigenvalue weighted by Crippen LogP contribution is -2.41. The highest BCUT2D eigenvalue weighted by atomic mass is 16.5. The van der Waals surface area contributed by atoms with Crippen molar-refractivity contribution in [2.45, 2.75) is 32.9 Å². The Morgan fingerprint density at radius 1 is 1.35 bits per heavy atom. The number of carbonyl (C=O) groups is 1. The normalized spacial score (nSPS) is 11.6. The van der Waals surface area contributed by atoms with Crippen LogP contribution >= 0.6 is 0 Å². The molecule has 0 unspecified atom stereocenters. The summed E-state index contributed by atoms with van der Waals surface area (Å²) in [6.45, 7) is 4.16. The number of benzene rings is 1. The molecule has 0 bridgehead atoms. The lowest BCUT2D eigenvalue weighted by Gasteiger charge is -2.15. The van der Waals surface area contributed by atoms with Crippen LogP contribution in [-0.4, -0.2) is 29.2 Å². The predicted octanol–water partition coefficient (Wildman–Crippen LogP) is 2.22. The lowest BCUT2D eigenvalue weighted by molar-refractivity contribution is 0.237. The number of carbonyl (C=O) groups excluding carboxylic acids is 1. The van der Waals surface area contributed by atoms with E-state index in [1.54, 1.807) is 19.4 Å². The fourth-order valence-electron chi connectivity index (χ4n) is 2.25. The van der Waals surface area contributed by atoms with E-state index in [1.807, 2.05) is 38.1 Å². The van der Waals surface area contributed by atoms with Crippen LogP contribution in [-0.2, 0) is 13.0 Å². The van der Waals surface area contributed by atoms with E-state index in [0.29, 0.717) is 12.4 Å². The summed E-state index contributed by atoms with van der Waals surface area (Å²) >= 11 is 0. The highest BCUT2D eigenvalue weighted by Crippen LogP contribution is 2.13. The SMILES string of the molecule is COc1cccc(C[C@H](C)NC(=O)NCc2ccnc(C)n2)c1. The van der Waals surface area contributed by atoms with Crippen molar-refractivity contribution in [2.24, 2.45) is 0 Å². The lowest BCUT2D eigenvalue weighted by atomic mass is 10.1. The summed E-state index contributed by atoms with van der Waals surface area (Å²) in [6, 6.07) is 9.41. The van der Waals surface area contributed by atoms with Crippen molar-refractivity contribution in [1.82, 2.24) is 20.6 Å². The van der Waals surface area contributed by atoms with Crippen LogP contribution < -0.4 is 15.4 Å². The molecule has 2 aromatic rings. The van der Waals surface area contributed by atoms with E-state index in [2.05, 4.69) is 20.6 Å². The van der Waals surface area contributed by atoms with Crippen LogP contribution in [0.5, 0.6) is 5.75 Å². The van der Waals surface area contributed by atoms with E-state index in [-0.39, 0.29) is 12.1 Å². The van der Waals surface area contributed by atoms with Crippen molar-refractivity contribution in [3.8, 4) is 5.75 Å². The molecule has 1 aromatic heterocycles. The number of nitrogens with zero attached hydrogens (tertiary/aromatic N) is 2. The summed E-state index contributed by atoms with van der Waals surface area (Å²) < 4.78 is 5.20. The molecule has 1 heterocycles. The molecule has 1 aromatic carbocycles. The second-order valence-electron chi connectivity index (χ2n) is 5.38. The molecular weight excluding hydrogens is 292 g/mol. The van der Waals surface area contributed by atoms with Gasteiger partial charge in [0.05, 0.1) is 19.3 Å². The molecule has 0 spiro atoms. The van der Waals surface area contributed by atoms with Crippen LogP contribution in [0.3, 0.4) is 0 Å². The number of amides is 2. The molecule has 2 amide bonds. The number of hydrogen-bond donors (Lipinski definition) is 2. The van der Waals surface area contributed by atoms with Gasteiger partial charge in [-0.25, -0.2) is 14.8 Å². The van der Waals surface area contributed by atoms with Crippen LogP contribution in [0.15, 0.2) is 36.5 Å². The summed E-state index contributed by atoms with van der Waals surface area (Å²) in [7, 11) is 1.64. The van der Waals surface area contributed by atoms with Crippen LogP contribution in [0.1, 0.15) is 24.0 Å². The summed E-state index contributed by atoms with van der Waals surface area (Å²) in [5.74, 6) is 1.51. The molecule has 2 rings (SSSR count). The number of aromatic nitrogens is 2. The first kappa shape index (κ1) is 16.7. The molecule has 2 N–H and O–H groups in total. The van der Waals surface area contributed by atoms with Crippen molar-refractivity contribution in [2.75, 3.05) is 7.11 Å². The summed E-state index contributed by atoms with van der Waals surface area (Å²) in [4.78, 5) is 20.2. The second-order valence-corrected chi connectivity index (χ2v) is 5.38. The van der Waals surface area contributed by atoms with Gasteiger partial charge in [0.25, 0.3) is 0 Å². The molecule has 0 aliphatic carbocycles. The molecule has 6 nitrogen and oxygen atoms in total. The number of ether oxygens (including phenoxy) is 1. The zero-order valence-corrected chi connectivity index (χ0v) is 13.7. The van der Waals surface area contributed by atoms with Gasteiger partial charge in [0.2, 0.25) is 0 Å². The third-order valence-corrected chi connectivity index (χ3v) is 3.32. The fourth-order valence-corrected chi connectivity index (χ4v) is 2.25. The molecule has 0 aliphatic heterocycles. The first-order chi connectivity index (χ1) is 11.1. The zero-order chi connectivity index (χ0) is 16.7. The van der Waals surface area contributed by atoms with Gasteiger partial charge in [0.15, 0.2) is 0 Å². The van der Waals surface area contributed by atoms with E-state index in [4.69, 9.17) is 4.74 Å². The molecule has 0 aliphatic rings. The van der Waals surface area contributed by atoms with Crippen molar-refractivity contribution < 1.29 is 9.53 Å². The molecular formula is C17H22N4O2. The highest BCUT2D eigenvalue weighted by Gasteiger charge is 2.08. The van der Waals surface area contributed by atoms with E-state index >= 15 is 0 Å². The number of hydrogen-bond acceptors (Lipinski definition) is 4. The largest absolute Gasteiger partial charge is 0.497 e. The van der Waals surface area contributed by atoms with Crippen LogP contribution in [0.4, 0.5) is 4.79 Å². The van der Waals surface area contributed by atoms with E-state index in [1.165, 1.54) is 0 Å². The average Bonchev–Trinajstić information content (AvgIpc) is 2.53. The van der Waals surface area contributed by atoms with Crippen molar-refractivity contribution in [3.05, 3.63) is 53.6 Å². The Kier molecular flexibility index (Phi) is 5.91. The van der Waals surface area contributed by atoms with Gasteiger partial charge in [0, 0.05) is 12.2 Å². The van der Waals surface area contributed by atoms with Gasteiger partial charge >= 0.3 is 6.03 Å². The van der Waals surface area contributed by atoms with Gasteiger partial charge in [-0.1, -0.05) is 12.1 Å². The van der Waals surface area contributed by atoms with Crippen LogP contribution in [0.25, 0.3) is 0 Å². The zero-order valence-electron chi connectivity index (χ0n) is 13.7. The predicted molar refractivity (Wildman–Crippen MR) is 88.3 cm³/mol. The average molecular weight is 314 g/mol. The minimum atomic E-state index is -0.211. The number of aryl methyl sites for hydroxylation is 1. The van der Waals surface area contributed by atoms with Gasteiger partial charge in [-0.3, -0.25) is 0 Å². The van der Waals surface area contributed by atoms with Crippen molar-refractivity contribution in [3.63, 3.8) is 0 Å². The molecule has 0 fully saturated rings. The molecule has 0 radical (unpaired) electrons. The molecule has 0 saturated heterocycles. The van der Waals surface area contributed by atoms with Gasteiger partial charge in [-0.05, 0) is 44.0 Å². The quantitative estimate of drug-likeness (QED) is 0.857. The number of rotatable bonds is 6. The molecule has 1 atom stereocenters. The third kappa shape index (κ3) is 5.58. The number of nitrogens with one attached hydrogen (secondary N) is 2. The first-order valence-corrected chi connectivity index (χ1v) is 7.52. The molecule has 0 saturated carbocycles. The van der Waals surface area contributed by atoms with E-state index < -0.39 is 0 Å². The maximum absolute atomic E-state index is 11.9. The monoisotopic (exact) mass is 314 g/mol. The van der Waals surface area contributed by atoms with E-state index in [9.17, 15) is 4.79 Å². The van der Waals surface area contributed by atoms with Gasteiger partial charge in [-0.2, -0.15) is 0 Å². The number of urea groups is 1. The Bertz CT molecular complexity index is 661. The molecule has 122 valence electrons. The second kappa shape index (κ2) is 8.12. The standard InChI is InChI=1S/C17H22N4O2/c1-12(9-14-5-4-6-16(10-14)23-3)20-17(22)19-11-15-7-8-18-13(2)21-15/h4-8,10,12H,9,11H2,1-3H3,(H2,19,20,22)/t12-/m0/s1. The molecule has 23 heavy (non-hydrogen) atoms. The highest BCUT2D eigenvalue weighted by molar-refractivity contribution is 5.74. The Labute approximate surface area is 136 Å². The van der Waals surface area contributed by atoms with Crippen molar-refractivity contribution >= 4 is 6.03 Å². The summed E-state index contributed by atoms with van der Waals surface area (Å²) in [5.41, 5.74) is 1.90. The van der Waals surface area contributed by atoms with Gasteiger partial charge in [0.1, 0.15) is 11.6 Å². The minimum absolute atomic E-state index is 0.00856. The maximum atomic E-state index is 11.9. The smallest absolute Gasteiger partial charge is 0.315 e. The Morgan fingerprint density at radius 2 is 2.17 bits per heavy atom. The maximum Gasteiger partial charge on any atom is 0.315 e. The topological polar surface area (TPSA) is 76.1 Å². The fraction of sp³-hybridized carbons (Fsp3) is 0.353. The molecule has 6 heteroatoms. The summed E-state index contributed by atoms with van der Waals surface area (Å²) in [5, 5.41) is 5.72. The number of methoxy groups -OCH3 is 1. The summed E-state index contributed by atoms with van der Waals surface area (Å²) in [6.07, 6.45) is 2.42. The Balaban J connectivity index is 1.80. The minimum Gasteiger partial charge on any atom is -0.497 e. The van der Waals surface area contributed by atoms with Crippen LogP contribution in [0.2, 0.25) is 0 Å². The Hall–Kier alpha value is -2.63. The van der Waals surface area contributed by atoms with Crippen LogP contribution in [0, 0.1) is 6.92 Å². The van der Waals surface area contributed by atoms with Crippen molar-refractivity contribution in [1.29, 1.82) is 0 Å². The van der Waals surface area contributed by atoms with Gasteiger partial charge in [-0.15, -0.1) is 0 Å². The first-order valence-electron chi connectivity index (χ1n) is 7.52.